The number of alkyl halides is 3. The molecule has 16 heteroatoms. The van der Waals surface area contributed by atoms with E-state index in [4.69, 9.17) is 0 Å². The number of rotatable bonds is 14. The molecule has 2 saturated carbocycles. The molecule has 1 aromatic heterocycles. The van der Waals surface area contributed by atoms with Gasteiger partial charge in [0.1, 0.15) is 6.54 Å². The molecule has 3 heterocycles. The third-order valence-corrected chi connectivity index (χ3v) is 13.1. The fourth-order valence-corrected chi connectivity index (χ4v) is 9.16. The molecule has 0 radical (unpaired) electrons. The van der Waals surface area contributed by atoms with E-state index in [9.17, 15) is 36.0 Å². The molecule has 4 amide bonds. The van der Waals surface area contributed by atoms with Gasteiger partial charge in [0.25, 0.3) is 0 Å². The van der Waals surface area contributed by atoms with Crippen molar-refractivity contribution in [2.24, 2.45) is 11.3 Å². The lowest BCUT2D eigenvalue weighted by Crippen LogP contribution is -2.61. The van der Waals surface area contributed by atoms with E-state index in [0.717, 1.165) is 56.1 Å². The smallest absolute Gasteiger partial charge is 0.351 e. The molecule has 3 atom stereocenters. The Balaban J connectivity index is 1.24. The number of urea groups is 1. The SMILES string of the molecule is CS(=O)(=O)N(CCCC[C@@H](NC1CCCCC1)C(=O)N1CC[C@@H](NC(=O)N2CCC3(CC2)CC3)[C@@H](C(=O)NCc2cccs2)C1)CC(F)(F)F. The first kappa shape index (κ1) is 38.8. The number of nitrogens with zero attached hydrogens (tertiary/aromatic N) is 3. The highest BCUT2D eigenvalue weighted by molar-refractivity contribution is 7.88. The number of hydrogen-bond acceptors (Lipinski definition) is 7. The van der Waals surface area contributed by atoms with Gasteiger partial charge in [-0.25, -0.2) is 13.2 Å². The van der Waals surface area contributed by atoms with E-state index >= 15 is 0 Å². The van der Waals surface area contributed by atoms with Crippen LogP contribution in [0.5, 0.6) is 0 Å². The molecule has 1 spiro atoms. The minimum Gasteiger partial charge on any atom is -0.351 e. The Labute approximate surface area is 298 Å². The van der Waals surface area contributed by atoms with E-state index in [1.54, 1.807) is 4.90 Å². The van der Waals surface area contributed by atoms with Crippen molar-refractivity contribution in [2.45, 2.75) is 114 Å². The largest absolute Gasteiger partial charge is 0.402 e. The summed E-state index contributed by atoms with van der Waals surface area (Å²) in [5, 5.41) is 11.6. The van der Waals surface area contributed by atoms with Gasteiger partial charge in [0.2, 0.25) is 21.8 Å². The number of unbranched alkanes of at least 4 members (excludes halogenated alkanes) is 1. The number of amides is 4. The number of carbonyl (C=O) groups excluding carboxylic acids is 3. The van der Waals surface area contributed by atoms with Gasteiger partial charge in [-0.2, -0.15) is 17.5 Å². The third-order valence-electron chi connectivity index (χ3n) is 11.0. The highest BCUT2D eigenvalue weighted by Crippen LogP contribution is 2.53. The summed E-state index contributed by atoms with van der Waals surface area (Å²) < 4.78 is 63.6. The maximum Gasteiger partial charge on any atom is 0.402 e. The standard InChI is InChI=1S/C34H53F3N6O5S2/c1-50(47,48)43(24-34(35,36)37)17-6-5-11-29(39-25-8-3-2-4-9-25)31(45)42-18-12-28(27(23-42)30(44)38-22-26-10-7-21-49-26)40-32(46)41-19-15-33(13-14-33)16-20-41/h7,10,21,25,27-29,39H,2-6,8-9,11-20,22-24H2,1H3,(H,38,44)(H,40,46)/t27-,28+,29+/m0/s1. The van der Waals surface area contributed by atoms with Crippen molar-refractivity contribution >= 4 is 39.2 Å². The van der Waals surface area contributed by atoms with Crippen molar-refractivity contribution in [3.05, 3.63) is 22.4 Å². The number of nitrogens with one attached hydrogen (secondary N) is 3. The molecule has 282 valence electrons. The van der Waals surface area contributed by atoms with Crippen molar-refractivity contribution in [1.82, 2.24) is 30.1 Å². The Morgan fingerprint density at radius 1 is 1.02 bits per heavy atom. The van der Waals surface area contributed by atoms with Gasteiger partial charge in [0.05, 0.1) is 24.8 Å². The van der Waals surface area contributed by atoms with Crippen LogP contribution in [-0.2, 0) is 26.2 Å². The number of thiophene rings is 1. The Kier molecular flexibility index (Phi) is 13.1. The highest BCUT2D eigenvalue weighted by atomic mass is 32.2. The van der Waals surface area contributed by atoms with E-state index in [1.807, 2.05) is 22.4 Å². The van der Waals surface area contributed by atoms with Gasteiger partial charge < -0.3 is 25.8 Å². The van der Waals surface area contributed by atoms with Crippen molar-refractivity contribution in [2.75, 3.05) is 45.5 Å². The first-order chi connectivity index (χ1) is 23.7. The minimum atomic E-state index is -4.66. The quantitative estimate of drug-likeness (QED) is 0.241. The summed E-state index contributed by atoms with van der Waals surface area (Å²) in [5.74, 6) is -1.09. The van der Waals surface area contributed by atoms with E-state index in [2.05, 4.69) is 16.0 Å². The number of carbonyl (C=O) groups is 3. The van der Waals surface area contributed by atoms with Gasteiger partial charge in [0.15, 0.2) is 0 Å². The molecule has 11 nitrogen and oxygen atoms in total. The zero-order valence-corrected chi connectivity index (χ0v) is 30.6. The molecule has 0 unspecified atom stereocenters. The second-order valence-electron chi connectivity index (χ2n) is 14.8. The second kappa shape index (κ2) is 16.9. The monoisotopic (exact) mass is 746 g/mol. The number of hydrogen-bond donors (Lipinski definition) is 3. The van der Waals surface area contributed by atoms with Crippen LogP contribution in [0.25, 0.3) is 0 Å². The lowest BCUT2D eigenvalue weighted by atomic mass is 9.89. The maximum atomic E-state index is 14.2. The summed E-state index contributed by atoms with van der Waals surface area (Å²) in [6, 6.07) is 2.71. The molecule has 2 aliphatic heterocycles. The zero-order valence-electron chi connectivity index (χ0n) is 29.0. The summed E-state index contributed by atoms with van der Waals surface area (Å²) in [6.07, 6.45) is 6.83. The lowest BCUT2D eigenvalue weighted by Gasteiger charge is -2.41. The van der Waals surface area contributed by atoms with Crippen LogP contribution in [0.2, 0.25) is 0 Å². The van der Waals surface area contributed by atoms with Gasteiger partial charge in [-0.3, -0.25) is 9.59 Å². The van der Waals surface area contributed by atoms with Gasteiger partial charge in [-0.15, -0.1) is 11.3 Å². The van der Waals surface area contributed by atoms with Crippen LogP contribution in [-0.4, -0.2) is 110 Å². The first-order valence-corrected chi connectivity index (χ1v) is 20.9. The van der Waals surface area contributed by atoms with Crippen LogP contribution in [0.15, 0.2) is 17.5 Å². The van der Waals surface area contributed by atoms with Crippen LogP contribution in [0, 0.1) is 11.3 Å². The topological polar surface area (TPSA) is 131 Å². The summed E-state index contributed by atoms with van der Waals surface area (Å²) in [4.78, 5) is 45.8. The maximum absolute atomic E-state index is 14.2. The van der Waals surface area contributed by atoms with Crippen LogP contribution in [0.1, 0.15) is 88.3 Å². The summed E-state index contributed by atoms with van der Waals surface area (Å²) in [6.45, 7) is 0.376. The molecule has 4 aliphatic rings. The Bertz CT molecular complexity index is 1390. The van der Waals surface area contributed by atoms with E-state index in [0.29, 0.717) is 55.2 Å². The molecule has 0 bridgehead atoms. The van der Waals surface area contributed by atoms with Gasteiger partial charge >= 0.3 is 12.2 Å². The average molecular weight is 747 g/mol. The first-order valence-electron chi connectivity index (χ1n) is 18.1. The zero-order chi connectivity index (χ0) is 35.9. The number of halogens is 3. The lowest BCUT2D eigenvalue weighted by molar-refractivity contribution is -0.138. The van der Waals surface area contributed by atoms with Crippen molar-refractivity contribution < 1.29 is 36.0 Å². The van der Waals surface area contributed by atoms with Crippen LogP contribution >= 0.6 is 11.3 Å². The van der Waals surface area contributed by atoms with Crippen LogP contribution in [0.4, 0.5) is 18.0 Å². The fourth-order valence-electron chi connectivity index (χ4n) is 7.67. The minimum absolute atomic E-state index is 0.122. The van der Waals surface area contributed by atoms with Gasteiger partial charge in [-0.1, -0.05) is 31.7 Å². The third kappa shape index (κ3) is 11.3. The van der Waals surface area contributed by atoms with Gasteiger partial charge in [0, 0.05) is 49.7 Å². The summed E-state index contributed by atoms with van der Waals surface area (Å²) in [5.41, 5.74) is 0.422. The molecule has 3 N–H and O–H groups in total. The predicted molar refractivity (Wildman–Crippen MR) is 186 cm³/mol. The van der Waals surface area contributed by atoms with E-state index < -0.39 is 40.7 Å². The second-order valence-corrected chi connectivity index (χ2v) is 17.8. The Morgan fingerprint density at radius 2 is 1.74 bits per heavy atom. The summed E-state index contributed by atoms with van der Waals surface area (Å²) in [7, 11) is -4.06. The van der Waals surface area contributed by atoms with Gasteiger partial charge in [-0.05, 0) is 74.6 Å². The average Bonchev–Trinajstić information content (AvgIpc) is 3.60. The molecule has 5 rings (SSSR count). The van der Waals surface area contributed by atoms with Crippen LogP contribution in [0.3, 0.4) is 0 Å². The number of sulfonamides is 1. The molecule has 1 aromatic rings. The van der Waals surface area contributed by atoms with Crippen molar-refractivity contribution in [1.29, 1.82) is 0 Å². The number of piperidine rings is 2. The predicted octanol–water partition coefficient (Wildman–Crippen LogP) is 4.45. The van der Waals surface area contributed by atoms with Crippen molar-refractivity contribution in [3.8, 4) is 0 Å². The normalized spacial score (nSPS) is 23.5. The molecule has 4 fully saturated rings. The van der Waals surface area contributed by atoms with Crippen LogP contribution < -0.4 is 16.0 Å². The van der Waals surface area contributed by atoms with E-state index in [-0.39, 0.29) is 43.4 Å². The molecular weight excluding hydrogens is 694 g/mol. The number of likely N-dealkylation sites (tertiary alicyclic amines) is 2. The molecule has 0 aromatic carbocycles. The van der Waals surface area contributed by atoms with E-state index in [1.165, 1.54) is 24.2 Å². The molecular formula is C34H53F3N6O5S2. The highest BCUT2D eigenvalue weighted by Gasteiger charge is 2.46. The van der Waals surface area contributed by atoms with Crippen molar-refractivity contribution in [3.63, 3.8) is 0 Å². The molecule has 50 heavy (non-hydrogen) atoms. The Morgan fingerprint density at radius 3 is 2.36 bits per heavy atom. The molecule has 2 saturated heterocycles. The summed E-state index contributed by atoms with van der Waals surface area (Å²) >= 11 is 1.53. The fraction of sp³-hybridized carbons (Fsp3) is 0.794. The molecule has 2 aliphatic carbocycles. The Hall–Kier alpha value is -2.43.